The van der Waals surface area contributed by atoms with E-state index in [0.717, 1.165) is 19.0 Å². The van der Waals surface area contributed by atoms with Crippen LogP contribution in [0.3, 0.4) is 0 Å². The Morgan fingerprint density at radius 2 is 2.24 bits per heavy atom. The molecular weight excluding hydrogens is 210 g/mol. The normalized spacial score (nSPS) is 22.2. The van der Waals surface area contributed by atoms with Crippen molar-refractivity contribution in [3.8, 4) is 0 Å². The van der Waals surface area contributed by atoms with E-state index in [1.807, 2.05) is 6.33 Å². The predicted octanol–water partition coefficient (Wildman–Crippen LogP) is 2.96. The van der Waals surface area contributed by atoms with Gasteiger partial charge in [0.1, 0.15) is 0 Å². The lowest BCUT2D eigenvalue weighted by Crippen LogP contribution is -2.14. The van der Waals surface area contributed by atoms with Crippen LogP contribution in [0.5, 0.6) is 0 Å². The van der Waals surface area contributed by atoms with Crippen LogP contribution in [0.15, 0.2) is 12.5 Å². The van der Waals surface area contributed by atoms with Crippen LogP contribution in [0.25, 0.3) is 0 Å². The molecule has 1 aliphatic heterocycles. The minimum atomic E-state index is 0.579. The predicted molar refractivity (Wildman–Crippen MR) is 71.2 cm³/mol. The lowest BCUT2D eigenvalue weighted by Gasteiger charge is -2.20. The highest BCUT2D eigenvalue weighted by Crippen LogP contribution is 2.26. The van der Waals surface area contributed by atoms with Gasteiger partial charge in [-0.05, 0) is 38.6 Å². The summed E-state index contributed by atoms with van der Waals surface area (Å²) in [6, 6.07) is 0.579. The number of aromatic nitrogens is 2. The third kappa shape index (κ3) is 3.09. The van der Waals surface area contributed by atoms with Crippen LogP contribution in [0.4, 0.5) is 0 Å². The number of imidazole rings is 1. The zero-order valence-electron chi connectivity index (χ0n) is 11.3. The second-order valence-electron chi connectivity index (χ2n) is 5.74. The molecule has 0 saturated carbocycles. The van der Waals surface area contributed by atoms with Gasteiger partial charge in [0.25, 0.3) is 0 Å². The highest BCUT2D eigenvalue weighted by atomic mass is 15.1. The summed E-state index contributed by atoms with van der Waals surface area (Å²) in [6.07, 6.45) is 7.87. The van der Waals surface area contributed by atoms with Gasteiger partial charge in [0.2, 0.25) is 0 Å². The summed E-state index contributed by atoms with van der Waals surface area (Å²) in [4.78, 5) is 4.35. The lowest BCUT2D eigenvalue weighted by molar-refractivity contribution is 0.425. The van der Waals surface area contributed by atoms with Crippen LogP contribution in [-0.2, 0) is 0 Å². The number of hydrogen-bond donors (Lipinski definition) is 1. The van der Waals surface area contributed by atoms with Crippen LogP contribution in [0.2, 0.25) is 0 Å². The molecule has 2 rings (SSSR count). The molecule has 0 bridgehead atoms. The molecule has 1 aromatic heterocycles. The molecular formula is C14H25N3. The van der Waals surface area contributed by atoms with Crippen LogP contribution in [-0.4, -0.2) is 22.6 Å². The maximum atomic E-state index is 4.35. The third-order valence-electron chi connectivity index (χ3n) is 3.81. The van der Waals surface area contributed by atoms with Gasteiger partial charge < -0.3 is 9.88 Å². The molecule has 0 spiro atoms. The summed E-state index contributed by atoms with van der Waals surface area (Å²) >= 11 is 0. The van der Waals surface area contributed by atoms with Gasteiger partial charge >= 0.3 is 0 Å². The minimum absolute atomic E-state index is 0.579. The molecule has 96 valence electrons. The van der Waals surface area contributed by atoms with Gasteiger partial charge in [-0.1, -0.05) is 13.8 Å². The molecule has 1 N–H and O–H groups in total. The molecule has 3 nitrogen and oxygen atoms in total. The topological polar surface area (TPSA) is 29.9 Å². The van der Waals surface area contributed by atoms with Gasteiger partial charge in [0, 0.05) is 30.4 Å². The Labute approximate surface area is 105 Å². The van der Waals surface area contributed by atoms with E-state index in [1.54, 1.807) is 0 Å². The van der Waals surface area contributed by atoms with Crippen molar-refractivity contribution in [2.45, 2.75) is 52.0 Å². The van der Waals surface area contributed by atoms with Crippen molar-refractivity contribution in [2.24, 2.45) is 5.92 Å². The molecule has 1 aliphatic rings. The first-order valence-corrected chi connectivity index (χ1v) is 6.91. The standard InChI is InChI=1S/C14H25N3/c1-11(2)4-5-12(3)17-10-16-9-14(17)13-6-7-15-8-13/h9-13,15H,4-8H2,1-3H3. The molecule has 17 heavy (non-hydrogen) atoms. The molecule has 1 saturated heterocycles. The van der Waals surface area contributed by atoms with Crippen LogP contribution in [0, 0.1) is 5.92 Å². The summed E-state index contributed by atoms with van der Waals surface area (Å²) in [7, 11) is 0. The Morgan fingerprint density at radius 3 is 2.88 bits per heavy atom. The summed E-state index contributed by atoms with van der Waals surface area (Å²) < 4.78 is 2.39. The van der Waals surface area contributed by atoms with Crippen molar-refractivity contribution in [1.29, 1.82) is 0 Å². The molecule has 2 atom stereocenters. The molecule has 2 unspecified atom stereocenters. The van der Waals surface area contributed by atoms with Gasteiger partial charge in [0.05, 0.1) is 6.33 Å². The van der Waals surface area contributed by atoms with Crippen molar-refractivity contribution in [1.82, 2.24) is 14.9 Å². The van der Waals surface area contributed by atoms with E-state index in [2.05, 4.69) is 41.8 Å². The zero-order valence-corrected chi connectivity index (χ0v) is 11.3. The average Bonchev–Trinajstić information content (AvgIpc) is 2.94. The monoisotopic (exact) mass is 235 g/mol. The first-order valence-electron chi connectivity index (χ1n) is 6.91. The smallest absolute Gasteiger partial charge is 0.0950 e. The fourth-order valence-electron chi connectivity index (χ4n) is 2.62. The lowest BCUT2D eigenvalue weighted by atomic mass is 10.0. The van der Waals surface area contributed by atoms with Gasteiger partial charge in [-0.15, -0.1) is 0 Å². The van der Waals surface area contributed by atoms with E-state index in [-0.39, 0.29) is 0 Å². The molecule has 1 fully saturated rings. The third-order valence-corrected chi connectivity index (χ3v) is 3.81. The SMILES string of the molecule is CC(C)CCC(C)n1cncc1C1CCNC1. The quantitative estimate of drug-likeness (QED) is 0.850. The number of rotatable bonds is 5. The van der Waals surface area contributed by atoms with E-state index < -0.39 is 0 Å². The Bertz CT molecular complexity index is 337. The van der Waals surface area contributed by atoms with E-state index in [4.69, 9.17) is 0 Å². The molecule has 1 aromatic rings. The van der Waals surface area contributed by atoms with Crippen molar-refractivity contribution >= 4 is 0 Å². The number of nitrogens with zero attached hydrogens (tertiary/aromatic N) is 2. The van der Waals surface area contributed by atoms with Crippen LogP contribution in [0.1, 0.15) is 57.7 Å². The maximum absolute atomic E-state index is 4.35. The van der Waals surface area contributed by atoms with Crippen LogP contribution >= 0.6 is 0 Å². The van der Waals surface area contributed by atoms with Crippen molar-refractivity contribution < 1.29 is 0 Å². The molecule has 2 heterocycles. The first-order chi connectivity index (χ1) is 8.18. The summed E-state index contributed by atoms with van der Waals surface area (Å²) in [6.45, 7) is 9.17. The molecule has 0 aliphatic carbocycles. The number of nitrogens with one attached hydrogen (secondary N) is 1. The van der Waals surface area contributed by atoms with E-state index in [9.17, 15) is 0 Å². The van der Waals surface area contributed by atoms with E-state index in [0.29, 0.717) is 12.0 Å². The van der Waals surface area contributed by atoms with Gasteiger partial charge in [-0.25, -0.2) is 4.98 Å². The van der Waals surface area contributed by atoms with Crippen LogP contribution < -0.4 is 5.32 Å². The summed E-state index contributed by atoms with van der Waals surface area (Å²) in [5.41, 5.74) is 1.42. The fourth-order valence-corrected chi connectivity index (χ4v) is 2.62. The molecule has 0 aromatic carbocycles. The zero-order chi connectivity index (χ0) is 12.3. The van der Waals surface area contributed by atoms with Crippen molar-refractivity contribution in [3.63, 3.8) is 0 Å². The molecule has 0 radical (unpaired) electrons. The molecule has 0 amide bonds. The van der Waals surface area contributed by atoms with E-state index >= 15 is 0 Å². The number of hydrogen-bond acceptors (Lipinski definition) is 2. The highest BCUT2D eigenvalue weighted by Gasteiger charge is 2.21. The summed E-state index contributed by atoms with van der Waals surface area (Å²) in [5.74, 6) is 1.46. The second-order valence-corrected chi connectivity index (χ2v) is 5.74. The maximum Gasteiger partial charge on any atom is 0.0950 e. The Hall–Kier alpha value is -0.830. The summed E-state index contributed by atoms with van der Waals surface area (Å²) in [5, 5.41) is 3.44. The molecule has 3 heteroatoms. The van der Waals surface area contributed by atoms with Gasteiger partial charge in [-0.2, -0.15) is 0 Å². The van der Waals surface area contributed by atoms with Gasteiger partial charge in [-0.3, -0.25) is 0 Å². The van der Waals surface area contributed by atoms with Gasteiger partial charge in [0.15, 0.2) is 0 Å². The first kappa shape index (κ1) is 12.6. The Balaban J connectivity index is 2.02. The largest absolute Gasteiger partial charge is 0.332 e. The van der Waals surface area contributed by atoms with Crippen molar-refractivity contribution in [3.05, 3.63) is 18.2 Å². The van der Waals surface area contributed by atoms with E-state index in [1.165, 1.54) is 25.0 Å². The second kappa shape index (κ2) is 5.67. The minimum Gasteiger partial charge on any atom is -0.332 e. The fraction of sp³-hybridized carbons (Fsp3) is 0.786. The highest BCUT2D eigenvalue weighted by molar-refractivity contribution is 5.10. The Morgan fingerprint density at radius 1 is 1.41 bits per heavy atom. The average molecular weight is 235 g/mol. The van der Waals surface area contributed by atoms with Crippen molar-refractivity contribution in [2.75, 3.05) is 13.1 Å². The Kier molecular flexibility index (Phi) is 4.21.